The quantitative estimate of drug-likeness (QED) is 0.477. The van der Waals surface area contributed by atoms with Gasteiger partial charge in [0.15, 0.2) is 0 Å². The molecule has 178 valence electrons. The van der Waals surface area contributed by atoms with Gasteiger partial charge in [-0.25, -0.2) is 4.79 Å². The summed E-state index contributed by atoms with van der Waals surface area (Å²) in [6, 6.07) is 19.8. The number of carbonyl (C=O) groups is 2. The summed E-state index contributed by atoms with van der Waals surface area (Å²) in [5.74, 6) is 0.125. The number of para-hydroxylation sites is 1. The maximum absolute atomic E-state index is 12.4. The van der Waals surface area contributed by atoms with Crippen LogP contribution in [0.1, 0.15) is 30.5 Å². The maximum atomic E-state index is 12.4. The summed E-state index contributed by atoms with van der Waals surface area (Å²) in [7, 11) is 0. The second-order valence-electron chi connectivity index (χ2n) is 8.88. The molecule has 7 nitrogen and oxygen atoms in total. The molecule has 0 radical (unpaired) electrons. The number of anilines is 1. The minimum atomic E-state index is -0.212. The summed E-state index contributed by atoms with van der Waals surface area (Å²) in [5, 5.41) is 10.0. The van der Waals surface area contributed by atoms with Crippen LogP contribution in [0.3, 0.4) is 0 Å². The zero-order chi connectivity index (χ0) is 23.8. The highest BCUT2D eigenvalue weighted by Crippen LogP contribution is 2.22. The van der Waals surface area contributed by atoms with E-state index in [2.05, 4.69) is 38.0 Å². The third-order valence-electron chi connectivity index (χ3n) is 6.24. The summed E-state index contributed by atoms with van der Waals surface area (Å²) >= 11 is 0. The van der Waals surface area contributed by atoms with Gasteiger partial charge in [-0.1, -0.05) is 48.5 Å². The van der Waals surface area contributed by atoms with Crippen LogP contribution in [0.15, 0.2) is 60.7 Å². The number of nitrogens with zero attached hydrogens (tertiary/aromatic N) is 2. The number of amides is 3. The van der Waals surface area contributed by atoms with Gasteiger partial charge in [0.05, 0.1) is 11.2 Å². The minimum absolute atomic E-state index is 0.125. The second kappa shape index (κ2) is 11.6. The number of aryl methyl sites for hydroxylation is 2. The van der Waals surface area contributed by atoms with E-state index < -0.39 is 0 Å². The van der Waals surface area contributed by atoms with Crippen LogP contribution in [0.5, 0.6) is 0 Å². The number of hydrogen-bond acceptors (Lipinski definition) is 4. The lowest BCUT2D eigenvalue weighted by atomic mass is 10.0. The van der Waals surface area contributed by atoms with Gasteiger partial charge in [0.1, 0.15) is 0 Å². The van der Waals surface area contributed by atoms with E-state index >= 15 is 0 Å². The summed E-state index contributed by atoms with van der Waals surface area (Å²) < 4.78 is 0. The molecule has 4 rings (SSSR count). The first-order valence-corrected chi connectivity index (χ1v) is 12.0. The van der Waals surface area contributed by atoms with Crippen molar-refractivity contribution in [3.05, 3.63) is 71.9 Å². The van der Waals surface area contributed by atoms with Crippen LogP contribution < -0.4 is 16.0 Å². The standard InChI is InChI=1S/C27H33N5O2/c1-20-19-25(23-9-5-6-10-24(23)29-20)31-27(34)28-15-18-32-16-13-22(14-17-32)30-26(33)12-11-21-7-3-2-4-8-21/h2-10,19,22H,11-18H2,1H3,(H,30,33)(H2,28,29,31,34). The Morgan fingerprint density at radius 1 is 1.03 bits per heavy atom. The average molecular weight is 460 g/mol. The Balaban J connectivity index is 1.14. The fraction of sp³-hybridized carbons (Fsp3) is 0.370. The molecule has 2 heterocycles. The molecule has 1 aliphatic heterocycles. The number of hydrogen-bond donors (Lipinski definition) is 3. The first-order chi connectivity index (χ1) is 16.6. The molecule has 3 aromatic rings. The van der Waals surface area contributed by atoms with E-state index in [4.69, 9.17) is 0 Å². The lowest BCUT2D eigenvalue weighted by Gasteiger charge is -2.32. The largest absolute Gasteiger partial charge is 0.353 e. The monoisotopic (exact) mass is 459 g/mol. The number of fused-ring (bicyclic) bond motifs is 1. The number of carbonyl (C=O) groups excluding carboxylic acids is 2. The minimum Gasteiger partial charge on any atom is -0.353 e. The van der Waals surface area contributed by atoms with Gasteiger partial charge in [0.2, 0.25) is 5.91 Å². The first-order valence-electron chi connectivity index (χ1n) is 12.0. The Kier molecular flexibility index (Phi) is 8.09. The summed E-state index contributed by atoms with van der Waals surface area (Å²) in [5.41, 5.74) is 3.69. The van der Waals surface area contributed by atoms with Gasteiger partial charge in [-0.3, -0.25) is 9.78 Å². The number of nitrogens with one attached hydrogen (secondary N) is 3. The number of pyridine rings is 1. The van der Waals surface area contributed by atoms with Gasteiger partial charge in [0, 0.05) is 49.7 Å². The van der Waals surface area contributed by atoms with Gasteiger partial charge in [-0.2, -0.15) is 0 Å². The van der Waals surface area contributed by atoms with Crippen molar-refractivity contribution in [2.24, 2.45) is 0 Å². The number of benzene rings is 2. The van der Waals surface area contributed by atoms with E-state index in [0.29, 0.717) is 13.0 Å². The van der Waals surface area contributed by atoms with Crippen LogP contribution in [0.4, 0.5) is 10.5 Å². The van der Waals surface area contributed by atoms with E-state index in [9.17, 15) is 9.59 Å². The molecule has 0 atom stereocenters. The fourth-order valence-corrected chi connectivity index (χ4v) is 4.41. The van der Waals surface area contributed by atoms with Crippen molar-refractivity contribution in [3.8, 4) is 0 Å². The molecule has 0 unspecified atom stereocenters. The lowest BCUT2D eigenvalue weighted by molar-refractivity contribution is -0.122. The number of aromatic nitrogens is 1. The van der Waals surface area contributed by atoms with Gasteiger partial charge < -0.3 is 20.9 Å². The summed E-state index contributed by atoms with van der Waals surface area (Å²) in [4.78, 5) is 31.6. The van der Waals surface area contributed by atoms with Gasteiger partial charge >= 0.3 is 6.03 Å². The van der Waals surface area contributed by atoms with Crippen molar-refractivity contribution in [3.63, 3.8) is 0 Å². The predicted molar refractivity (Wildman–Crippen MR) is 136 cm³/mol. The zero-order valence-corrected chi connectivity index (χ0v) is 19.7. The third kappa shape index (κ3) is 6.78. The Labute approximate surface area is 200 Å². The molecule has 1 aliphatic rings. The molecule has 1 aromatic heterocycles. The molecule has 3 amide bonds. The van der Waals surface area contributed by atoms with Crippen molar-refractivity contribution < 1.29 is 9.59 Å². The highest BCUT2D eigenvalue weighted by molar-refractivity contribution is 6.00. The van der Waals surface area contributed by atoms with Crippen LogP contribution in [-0.4, -0.2) is 54.0 Å². The average Bonchev–Trinajstić information content (AvgIpc) is 2.84. The summed E-state index contributed by atoms with van der Waals surface area (Å²) in [6.45, 7) is 5.12. The molecule has 34 heavy (non-hydrogen) atoms. The van der Waals surface area contributed by atoms with E-state index in [1.54, 1.807) is 0 Å². The maximum Gasteiger partial charge on any atom is 0.319 e. The van der Waals surface area contributed by atoms with Crippen molar-refractivity contribution in [1.82, 2.24) is 20.5 Å². The van der Waals surface area contributed by atoms with Crippen molar-refractivity contribution in [2.75, 3.05) is 31.5 Å². The number of piperidine rings is 1. The highest BCUT2D eigenvalue weighted by atomic mass is 16.2. The topological polar surface area (TPSA) is 86.4 Å². The highest BCUT2D eigenvalue weighted by Gasteiger charge is 2.20. The third-order valence-corrected chi connectivity index (χ3v) is 6.24. The van der Waals surface area contributed by atoms with Crippen LogP contribution in [0, 0.1) is 6.92 Å². The second-order valence-corrected chi connectivity index (χ2v) is 8.88. The van der Waals surface area contributed by atoms with Crippen LogP contribution in [-0.2, 0) is 11.2 Å². The molecule has 2 aromatic carbocycles. The molecular formula is C27H33N5O2. The molecule has 0 aliphatic carbocycles. The Morgan fingerprint density at radius 3 is 2.56 bits per heavy atom. The molecule has 1 fully saturated rings. The first kappa shape index (κ1) is 23.7. The van der Waals surface area contributed by atoms with Crippen molar-refractivity contribution in [1.29, 1.82) is 0 Å². The summed E-state index contributed by atoms with van der Waals surface area (Å²) in [6.07, 6.45) is 3.17. The Bertz CT molecular complexity index is 1110. The number of rotatable bonds is 8. The molecule has 0 spiro atoms. The van der Waals surface area contributed by atoms with E-state index in [-0.39, 0.29) is 18.0 Å². The molecular weight excluding hydrogens is 426 g/mol. The van der Waals surface area contributed by atoms with E-state index in [1.807, 2.05) is 55.5 Å². The van der Waals surface area contributed by atoms with Crippen molar-refractivity contribution in [2.45, 2.75) is 38.6 Å². The van der Waals surface area contributed by atoms with Gasteiger partial charge in [0.25, 0.3) is 0 Å². The predicted octanol–water partition coefficient (Wildman–Crippen LogP) is 3.88. The van der Waals surface area contributed by atoms with Crippen LogP contribution >= 0.6 is 0 Å². The molecule has 3 N–H and O–H groups in total. The molecule has 0 saturated carbocycles. The van der Waals surface area contributed by atoms with Gasteiger partial charge in [-0.15, -0.1) is 0 Å². The molecule has 0 bridgehead atoms. The SMILES string of the molecule is Cc1cc(NC(=O)NCCN2CCC(NC(=O)CCc3ccccc3)CC2)c2ccccc2n1. The smallest absolute Gasteiger partial charge is 0.319 e. The molecule has 1 saturated heterocycles. The van der Waals surface area contributed by atoms with Crippen molar-refractivity contribution >= 4 is 28.5 Å². The Morgan fingerprint density at radius 2 is 1.76 bits per heavy atom. The number of likely N-dealkylation sites (tertiary alicyclic amines) is 1. The molecule has 7 heteroatoms. The fourth-order valence-electron chi connectivity index (χ4n) is 4.41. The number of urea groups is 1. The Hall–Kier alpha value is -3.45. The van der Waals surface area contributed by atoms with E-state index in [1.165, 1.54) is 5.56 Å². The lowest BCUT2D eigenvalue weighted by Crippen LogP contribution is -2.46. The van der Waals surface area contributed by atoms with Crippen LogP contribution in [0.25, 0.3) is 10.9 Å². The zero-order valence-electron chi connectivity index (χ0n) is 19.7. The van der Waals surface area contributed by atoms with Gasteiger partial charge in [-0.05, 0) is 43.9 Å². The normalized spacial score (nSPS) is 14.6. The van der Waals surface area contributed by atoms with E-state index in [0.717, 1.165) is 61.2 Å². The van der Waals surface area contributed by atoms with Crippen LogP contribution in [0.2, 0.25) is 0 Å².